The Morgan fingerprint density at radius 3 is 2.82 bits per heavy atom. The fourth-order valence-corrected chi connectivity index (χ4v) is 2.86. The van der Waals surface area contributed by atoms with Crippen molar-refractivity contribution in [1.82, 2.24) is 15.2 Å². The number of fused-ring (bicyclic) bond motifs is 1. The quantitative estimate of drug-likeness (QED) is 0.708. The Labute approximate surface area is 136 Å². The van der Waals surface area contributed by atoms with E-state index in [1.165, 1.54) is 0 Å². The summed E-state index contributed by atoms with van der Waals surface area (Å²) in [5.74, 6) is 0. The number of nitrogens with zero attached hydrogens (tertiary/aromatic N) is 1. The minimum atomic E-state index is -0.308. The summed E-state index contributed by atoms with van der Waals surface area (Å²) in [5, 5.41) is 8.42. The van der Waals surface area contributed by atoms with Gasteiger partial charge in [0, 0.05) is 18.5 Å². The van der Waals surface area contributed by atoms with Crippen LogP contribution in [0.1, 0.15) is 5.56 Å². The van der Waals surface area contributed by atoms with Crippen LogP contribution < -0.4 is 10.0 Å². The summed E-state index contributed by atoms with van der Waals surface area (Å²) in [5.41, 5.74) is 1.61. The second-order valence-corrected chi connectivity index (χ2v) is 5.68. The highest BCUT2D eigenvalue weighted by molar-refractivity contribution is 7.98. The lowest BCUT2D eigenvalue weighted by Crippen LogP contribution is -2.30. The zero-order valence-corrected chi connectivity index (χ0v) is 12.9. The van der Waals surface area contributed by atoms with Crippen LogP contribution >= 0.6 is 23.5 Å². The van der Waals surface area contributed by atoms with Crippen LogP contribution in [0.3, 0.4) is 0 Å². The average molecular weight is 334 g/mol. The number of hydrogen-bond acceptors (Lipinski definition) is 4. The van der Waals surface area contributed by atoms with Crippen LogP contribution in [0.5, 0.6) is 0 Å². The minimum Gasteiger partial charge on any atom is -0.355 e. The highest BCUT2D eigenvalue weighted by Gasteiger charge is 2.13. The van der Waals surface area contributed by atoms with Gasteiger partial charge in [-0.1, -0.05) is 53.2 Å². The van der Waals surface area contributed by atoms with Crippen molar-refractivity contribution in [2.24, 2.45) is 0 Å². The van der Waals surface area contributed by atoms with Crippen LogP contribution in [0.15, 0.2) is 58.1 Å². The van der Waals surface area contributed by atoms with Gasteiger partial charge in [-0.05, 0) is 17.7 Å². The lowest BCUT2D eigenvalue weighted by atomic mass is 10.2. The summed E-state index contributed by atoms with van der Waals surface area (Å²) >= 11 is 7.18. The Kier molecular flexibility index (Phi) is 4.50. The number of carbonyl (C=O) groups is 1. The first kappa shape index (κ1) is 14.7. The van der Waals surface area contributed by atoms with Gasteiger partial charge in [0.2, 0.25) is 0 Å². The summed E-state index contributed by atoms with van der Waals surface area (Å²) in [7, 11) is 0. The Hall–Kier alpha value is -2.18. The molecular formula is C15H12ClN3O2S. The van der Waals surface area contributed by atoms with E-state index >= 15 is 0 Å². The molecule has 112 valence electrons. The van der Waals surface area contributed by atoms with Crippen LogP contribution in [0.25, 0.3) is 11.0 Å². The number of carbonyl (C=O) groups excluding carboxylic acids is 1. The molecule has 2 amide bonds. The lowest BCUT2D eigenvalue weighted by Gasteiger charge is -2.05. The summed E-state index contributed by atoms with van der Waals surface area (Å²) in [6.45, 7) is 0.452. The van der Waals surface area contributed by atoms with E-state index in [-0.39, 0.29) is 6.03 Å². The Morgan fingerprint density at radius 1 is 1.18 bits per heavy atom. The molecule has 0 unspecified atom stereocenters. The molecule has 0 aliphatic carbocycles. The molecule has 0 aliphatic heterocycles. The van der Waals surface area contributed by atoms with E-state index in [4.69, 9.17) is 16.1 Å². The number of benzene rings is 2. The number of hydrogen-bond donors (Lipinski definition) is 2. The number of amides is 2. The summed E-state index contributed by atoms with van der Waals surface area (Å²) in [4.78, 5) is 11.8. The molecule has 5 nitrogen and oxygen atoms in total. The molecule has 2 N–H and O–H groups in total. The van der Waals surface area contributed by atoms with Crippen LogP contribution in [0.4, 0.5) is 4.79 Å². The molecular weight excluding hydrogens is 322 g/mol. The van der Waals surface area contributed by atoms with E-state index < -0.39 is 0 Å². The highest BCUT2D eigenvalue weighted by atomic mass is 35.5. The molecule has 0 spiro atoms. The van der Waals surface area contributed by atoms with Crippen LogP contribution in [0, 0.1) is 0 Å². The van der Waals surface area contributed by atoms with Gasteiger partial charge in [0.15, 0.2) is 10.6 Å². The topological polar surface area (TPSA) is 67.2 Å². The molecule has 7 heteroatoms. The molecule has 22 heavy (non-hydrogen) atoms. The molecule has 0 radical (unpaired) electrons. The third kappa shape index (κ3) is 3.35. The monoisotopic (exact) mass is 333 g/mol. The molecule has 3 aromatic rings. The first-order valence-corrected chi connectivity index (χ1v) is 7.72. The fraction of sp³-hybridized carbons (Fsp3) is 0.0667. The van der Waals surface area contributed by atoms with Crippen molar-refractivity contribution >= 4 is 40.5 Å². The molecule has 0 bridgehead atoms. The van der Waals surface area contributed by atoms with E-state index in [1.54, 1.807) is 18.2 Å². The first-order chi connectivity index (χ1) is 10.7. The smallest absolute Gasteiger partial charge is 0.325 e. The van der Waals surface area contributed by atoms with Crippen LogP contribution in [-0.2, 0) is 6.54 Å². The van der Waals surface area contributed by atoms with Crippen molar-refractivity contribution in [3.63, 3.8) is 0 Å². The zero-order valence-electron chi connectivity index (χ0n) is 11.4. The highest BCUT2D eigenvalue weighted by Crippen LogP contribution is 2.31. The van der Waals surface area contributed by atoms with Gasteiger partial charge < -0.3 is 9.84 Å². The van der Waals surface area contributed by atoms with E-state index in [2.05, 4.69) is 15.2 Å². The Balaban J connectivity index is 1.58. The number of aromatic nitrogens is 1. The van der Waals surface area contributed by atoms with Gasteiger partial charge in [0.25, 0.3) is 0 Å². The van der Waals surface area contributed by atoms with Crippen molar-refractivity contribution in [3.05, 3.63) is 59.1 Å². The van der Waals surface area contributed by atoms with Crippen molar-refractivity contribution in [3.8, 4) is 0 Å². The molecule has 1 aromatic heterocycles. The predicted octanol–water partition coefficient (Wildman–Crippen LogP) is 3.99. The van der Waals surface area contributed by atoms with Gasteiger partial charge in [-0.3, -0.25) is 4.72 Å². The molecule has 2 aromatic carbocycles. The van der Waals surface area contributed by atoms with E-state index in [0.717, 1.165) is 17.5 Å². The maximum absolute atomic E-state index is 11.8. The SMILES string of the molecule is O=C(NCc1ccccc1)NSc1noc2cccc(Cl)c12. The summed E-state index contributed by atoms with van der Waals surface area (Å²) in [6, 6.07) is 14.7. The number of halogens is 1. The van der Waals surface area contributed by atoms with Crippen molar-refractivity contribution in [2.45, 2.75) is 11.6 Å². The lowest BCUT2D eigenvalue weighted by molar-refractivity contribution is 0.246. The third-order valence-electron chi connectivity index (χ3n) is 2.95. The van der Waals surface area contributed by atoms with Gasteiger partial charge in [0.05, 0.1) is 10.4 Å². The fourth-order valence-electron chi connectivity index (χ4n) is 1.90. The maximum atomic E-state index is 11.8. The largest absolute Gasteiger partial charge is 0.355 e. The molecule has 3 rings (SSSR count). The molecule has 0 atom stereocenters. The molecule has 1 heterocycles. The number of nitrogens with one attached hydrogen (secondary N) is 2. The van der Waals surface area contributed by atoms with Gasteiger partial charge >= 0.3 is 6.03 Å². The average Bonchev–Trinajstić information content (AvgIpc) is 2.96. The van der Waals surface area contributed by atoms with Crippen molar-refractivity contribution in [1.29, 1.82) is 0 Å². The number of urea groups is 1. The first-order valence-electron chi connectivity index (χ1n) is 6.52. The van der Waals surface area contributed by atoms with E-state index in [9.17, 15) is 4.79 Å². The van der Waals surface area contributed by atoms with Crippen molar-refractivity contribution < 1.29 is 9.32 Å². The van der Waals surface area contributed by atoms with E-state index in [0.29, 0.717) is 27.6 Å². The normalized spacial score (nSPS) is 10.6. The Bertz CT molecular complexity index is 792. The number of rotatable bonds is 4. The van der Waals surface area contributed by atoms with Gasteiger partial charge in [-0.15, -0.1) is 0 Å². The van der Waals surface area contributed by atoms with Crippen molar-refractivity contribution in [2.75, 3.05) is 0 Å². The third-order valence-corrected chi connectivity index (χ3v) is 4.03. The predicted molar refractivity (Wildman–Crippen MR) is 86.7 cm³/mol. The molecule has 0 aliphatic rings. The van der Waals surface area contributed by atoms with Crippen LogP contribution in [0.2, 0.25) is 5.02 Å². The van der Waals surface area contributed by atoms with Crippen LogP contribution in [-0.4, -0.2) is 11.2 Å². The second kappa shape index (κ2) is 6.72. The van der Waals surface area contributed by atoms with Gasteiger partial charge in [0.1, 0.15) is 0 Å². The standard InChI is InChI=1S/C15H12ClN3O2S/c16-11-7-4-8-12-13(11)14(18-21-12)22-19-15(20)17-9-10-5-2-1-3-6-10/h1-8H,9H2,(H2,17,19,20). The minimum absolute atomic E-state index is 0.308. The molecule has 0 saturated heterocycles. The van der Waals surface area contributed by atoms with Gasteiger partial charge in [-0.2, -0.15) is 0 Å². The van der Waals surface area contributed by atoms with E-state index in [1.807, 2.05) is 30.3 Å². The second-order valence-electron chi connectivity index (χ2n) is 4.47. The Morgan fingerprint density at radius 2 is 2.00 bits per heavy atom. The summed E-state index contributed by atoms with van der Waals surface area (Å²) in [6.07, 6.45) is 0. The summed E-state index contributed by atoms with van der Waals surface area (Å²) < 4.78 is 7.82. The maximum Gasteiger partial charge on any atom is 0.325 e. The van der Waals surface area contributed by atoms with Gasteiger partial charge in [-0.25, -0.2) is 4.79 Å². The molecule has 0 fully saturated rings. The zero-order chi connectivity index (χ0) is 15.4. The molecule has 0 saturated carbocycles.